The number of aromatic amines is 1. The fourth-order valence-corrected chi connectivity index (χ4v) is 1.20. The minimum absolute atomic E-state index is 0.248. The van der Waals surface area contributed by atoms with E-state index in [1.807, 2.05) is 0 Å². The number of nitrogens with one attached hydrogen (secondary N) is 2. The minimum Gasteiger partial charge on any atom is -0.319 e. The second-order valence-electron chi connectivity index (χ2n) is 2.89. The smallest absolute Gasteiger partial charge is 0.319 e. The summed E-state index contributed by atoms with van der Waals surface area (Å²) in [6, 6.07) is 0. The van der Waals surface area contributed by atoms with Gasteiger partial charge in [0, 0.05) is 14.1 Å². The van der Waals surface area contributed by atoms with Crippen LogP contribution in [-0.4, -0.2) is 19.1 Å². The highest BCUT2D eigenvalue weighted by atomic mass is 16.1. The topological polar surface area (TPSA) is 79.5 Å². The van der Waals surface area contributed by atoms with Gasteiger partial charge in [-0.05, 0) is 0 Å². The van der Waals surface area contributed by atoms with Crippen LogP contribution in [-0.2, 0) is 14.1 Å². The molecule has 2 aromatic rings. The third kappa shape index (κ3) is 0.915. The van der Waals surface area contributed by atoms with E-state index in [2.05, 4.69) is 9.97 Å². The average molecular weight is 179 g/mol. The van der Waals surface area contributed by atoms with Gasteiger partial charge in [-0.2, -0.15) is 0 Å². The Morgan fingerprint density at radius 1 is 1.54 bits per heavy atom. The Bertz CT molecular complexity index is 573. The fourth-order valence-electron chi connectivity index (χ4n) is 1.20. The maximum absolute atomic E-state index is 11.2. The molecular weight excluding hydrogens is 170 g/mol. The SMILES string of the molecule is Cn1cnc2c([nH]c(=O)n2C)c1=N. The summed E-state index contributed by atoms with van der Waals surface area (Å²) in [7, 11) is 3.33. The lowest BCUT2D eigenvalue weighted by Gasteiger charge is -1.97. The fraction of sp³-hybridized carbons (Fsp3) is 0.286. The van der Waals surface area contributed by atoms with Gasteiger partial charge in [0.05, 0.1) is 6.33 Å². The van der Waals surface area contributed by atoms with E-state index >= 15 is 0 Å². The number of hydrogen-bond acceptors (Lipinski definition) is 3. The zero-order chi connectivity index (χ0) is 9.59. The molecule has 6 heteroatoms. The molecule has 13 heavy (non-hydrogen) atoms. The summed E-state index contributed by atoms with van der Waals surface area (Å²) in [6.45, 7) is 0. The quantitative estimate of drug-likeness (QED) is 0.548. The number of rotatable bonds is 0. The molecule has 0 fully saturated rings. The maximum atomic E-state index is 11.2. The Hall–Kier alpha value is -1.85. The summed E-state index contributed by atoms with van der Waals surface area (Å²) >= 11 is 0. The van der Waals surface area contributed by atoms with Crippen LogP contribution in [0.15, 0.2) is 11.1 Å². The first-order valence-corrected chi connectivity index (χ1v) is 3.76. The molecule has 0 unspecified atom stereocenters. The summed E-state index contributed by atoms with van der Waals surface area (Å²) in [5.41, 5.74) is 0.982. The lowest BCUT2D eigenvalue weighted by molar-refractivity contribution is 0.796. The van der Waals surface area contributed by atoms with E-state index in [-0.39, 0.29) is 11.2 Å². The minimum atomic E-state index is -0.248. The van der Waals surface area contributed by atoms with Crippen molar-refractivity contribution in [3.8, 4) is 0 Å². The van der Waals surface area contributed by atoms with E-state index in [0.29, 0.717) is 11.2 Å². The summed E-state index contributed by atoms with van der Waals surface area (Å²) < 4.78 is 2.92. The monoisotopic (exact) mass is 179 g/mol. The Morgan fingerprint density at radius 2 is 2.23 bits per heavy atom. The van der Waals surface area contributed by atoms with Gasteiger partial charge in [-0.3, -0.25) is 9.98 Å². The van der Waals surface area contributed by atoms with E-state index in [1.54, 1.807) is 14.1 Å². The molecule has 0 atom stereocenters. The standard InChI is InChI=1S/C7H9N5O/c1-11-3-9-6-4(5(11)8)10-7(13)12(6)2/h3,8H,1-2H3,(H,10,13). The van der Waals surface area contributed by atoms with E-state index in [1.165, 1.54) is 15.5 Å². The lowest BCUT2D eigenvalue weighted by Crippen LogP contribution is -2.17. The number of imidazole rings is 1. The highest BCUT2D eigenvalue weighted by Crippen LogP contribution is 1.96. The summed E-state index contributed by atoms with van der Waals surface area (Å²) in [5, 5.41) is 7.64. The number of fused-ring (bicyclic) bond motifs is 1. The van der Waals surface area contributed by atoms with E-state index in [9.17, 15) is 4.79 Å². The van der Waals surface area contributed by atoms with Crippen LogP contribution in [0, 0.1) is 5.41 Å². The van der Waals surface area contributed by atoms with Crippen LogP contribution in [0.25, 0.3) is 11.2 Å². The van der Waals surface area contributed by atoms with Crippen molar-refractivity contribution in [2.75, 3.05) is 0 Å². The molecule has 0 aliphatic carbocycles. The maximum Gasteiger partial charge on any atom is 0.327 e. The predicted octanol–water partition coefficient (Wildman–Crippen LogP) is -0.920. The average Bonchev–Trinajstić information content (AvgIpc) is 2.38. The Morgan fingerprint density at radius 3 is 2.92 bits per heavy atom. The molecule has 0 saturated heterocycles. The van der Waals surface area contributed by atoms with E-state index < -0.39 is 0 Å². The lowest BCUT2D eigenvalue weighted by atomic mass is 10.5. The zero-order valence-electron chi connectivity index (χ0n) is 7.33. The number of H-pyrrole nitrogens is 1. The van der Waals surface area contributed by atoms with Gasteiger partial charge in [0.15, 0.2) is 11.1 Å². The molecule has 0 spiro atoms. The first kappa shape index (κ1) is 7.78. The van der Waals surface area contributed by atoms with Crippen LogP contribution >= 0.6 is 0 Å². The van der Waals surface area contributed by atoms with Crippen molar-refractivity contribution in [1.29, 1.82) is 5.41 Å². The number of hydrogen-bond donors (Lipinski definition) is 2. The van der Waals surface area contributed by atoms with Gasteiger partial charge in [-0.15, -0.1) is 0 Å². The van der Waals surface area contributed by atoms with Gasteiger partial charge in [0.25, 0.3) is 0 Å². The Labute approximate surface area is 73.0 Å². The Kier molecular flexibility index (Phi) is 1.39. The number of nitrogens with zero attached hydrogens (tertiary/aromatic N) is 3. The van der Waals surface area contributed by atoms with Gasteiger partial charge < -0.3 is 9.55 Å². The van der Waals surface area contributed by atoms with Crippen LogP contribution in [0.4, 0.5) is 0 Å². The van der Waals surface area contributed by atoms with E-state index in [0.717, 1.165) is 0 Å². The first-order chi connectivity index (χ1) is 6.11. The van der Waals surface area contributed by atoms with Crippen molar-refractivity contribution in [1.82, 2.24) is 19.1 Å². The third-order valence-electron chi connectivity index (χ3n) is 2.02. The Balaban J connectivity index is 3.12. The van der Waals surface area contributed by atoms with Crippen molar-refractivity contribution in [2.45, 2.75) is 0 Å². The number of aryl methyl sites for hydroxylation is 2. The molecule has 2 rings (SSSR count). The van der Waals surface area contributed by atoms with Crippen molar-refractivity contribution < 1.29 is 0 Å². The molecule has 0 aliphatic rings. The molecule has 6 nitrogen and oxygen atoms in total. The van der Waals surface area contributed by atoms with Gasteiger partial charge >= 0.3 is 5.69 Å². The normalized spacial score (nSPS) is 10.9. The molecule has 0 amide bonds. The molecule has 0 aliphatic heterocycles. The third-order valence-corrected chi connectivity index (χ3v) is 2.02. The van der Waals surface area contributed by atoms with Crippen LogP contribution in [0.2, 0.25) is 0 Å². The molecule has 0 aromatic carbocycles. The summed E-state index contributed by atoms with van der Waals surface area (Å²) in [6.07, 6.45) is 1.51. The van der Waals surface area contributed by atoms with Crippen molar-refractivity contribution in [3.05, 3.63) is 22.3 Å². The number of aromatic nitrogens is 4. The van der Waals surface area contributed by atoms with Crippen molar-refractivity contribution in [2.24, 2.45) is 14.1 Å². The van der Waals surface area contributed by atoms with Gasteiger partial charge in [0.1, 0.15) is 5.52 Å². The zero-order valence-corrected chi connectivity index (χ0v) is 7.33. The van der Waals surface area contributed by atoms with Gasteiger partial charge in [-0.1, -0.05) is 0 Å². The van der Waals surface area contributed by atoms with Crippen molar-refractivity contribution in [3.63, 3.8) is 0 Å². The molecule has 0 saturated carbocycles. The van der Waals surface area contributed by atoms with Crippen LogP contribution in [0.3, 0.4) is 0 Å². The van der Waals surface area contributed by atoms with Crippen LogP contribution in [0.1, 0.15) is 0 Å². The molecule has 2 N–H and O–H groups in total. The van der Waals surface area contributed by atoms with Crippen molar-refractivity contribution >= 4 is 11.2 Å². The molecule has 0 radical (unpaired) electrons. The van der Waals surface area contributed by atoms with Gasteiger partial charge in [-0.25, -0.2) is 9.78 Å². The van der Waals surface area contributed by atoms with Crippen LogP contribution in [0.5, 0.6) is 0 Å². The highest BCUT2D eigenvalue weighted by Gasteiger charge is 2.05. The second kappa shape index (κ2) is 2.32. The highest BCUT2D eigenvalue weighted by molar-refractivity contribution is 5.68. The summed E-state index contributed by atoms with van der Waals surface area (Å²) in [4.78, 5) is 17.8. The van der Waals surface area contributed by atoms with E-state index in [4.69, 9.17) is 5.41 Å². The molecule has 0 bridgehead atoms. The first-order valence-electron chi connectivity index (χ1n) is 3.76. The van der Waals surface area contributed by atoms with Crippen LogP contribution < -0.4 is 11.2 Å². The van der Waals surface area contributed by atoms with Gasteiger partial charge in [0.2, 0.25) is 0 Å². The predicted molar refractivity (Wildman–Crippen MR) is 46.2 cm³/mol. The largest absolute Gasteiger partial charge is 0.327 e. The molecule has 2 heterocycles. The molecule has 68 valence electrons. The second-order valence-corrected chi connectivity index (χ2v) is 2.89. The molecule has 2 aromatic heterocycles. The summed E-state index contributed by atoms with van der Waals surface area (Å²) in [5.74, 6) is 0. The molecular formula is C7H9N5O.